The van der Waals surface area contributed by atoms with Crippen molar-refractivity contribution in [2.75, 3.05) is 13.2 Å². The summed E-state index contributed by atoms with van der Waals surface area (Å²) < 4.78 is 4.96. The molecule has 8 nitrogen and oxygen atoms in total. The van der Waals surface area contributed by atoms with Gasteiger partial charge in [0.15, 0.2) is 6.61 Å². The molecule has 1 saturated carbocycles. The second-order valence-electron chi connectivity index (χ2n) is 7.40. The van der Waals surface area contributed by atoms with Gasteiger partial charge >= 0.3 is 12.0 Å². The van der Waals surface area contributed by atoms with Crippen LogP contribution in [-0.4, -0.2) is 47.4 Å². The molecule has 0 unspecified atom stereocenters. The highest BCUT2D eigenvalue weighted by Gasteiger charge is 2.55. The number of rotatable bonds is 6. The highest BCUT2D eigenvalue weighted by Crippen LogP contribution is 2.38. The lowest BCUT2D eigenvalue weighted by atomic mass is 9.73. The lowest BCUT2D eigenvalue weighted by Crippen LogP contribution is -2.54. The van der Waals surface area contributed by atoms with Gasteiger partial charge in [-0.25, -0.2) is 4.79 Å². The number of carbonyl (C=O) groups is 4. The summed E-state index contributed by atoms with van der Waals surface area (Å²) in [7, 11) is 0. The number of nitrogens with one attached hydrogen (secondary N) is 2. The number of carbonyl (C=O) groups excluding carboxylic acids is 4. The van der Waals surface area contributed by atoms with Crippen molar-refractivity contribution in [3.63, 3.8) is 0 Å². The zero-order valence-corrected chi connectivity index (χ0v) is 16.8. The fourth-order valence-corrected chi connectivity index (χ4v) is 4.59. The number of thiophene rings is 1. The Hall–Kier alpha value is -2.42. The Bertz CT molecular complexity index is 766. The van der Waals surface area contributed by atoms with Crippen LogP contribution < -0.4 is 10.6 Å². The minimum absolute atomic E-state index is 0.0169. The third-order valence-corrected chi connectivity index (χ3v) is 6.56. The number of amides is 4. The first kappa shape index (κ1) is 20.3. The molecule has 2 N–H and O–H groups in total. The Balaban J connectivity index is 1.50. The van der Waals surface area contributed by atoms with Crippen molar-refractivity contribution < 1.29 is 23.9 Å². The molecule has 1 aromatic rings. The Morgan fingerprint density at radius 1 is 1.43 bits per heavy atom. The summed E-state index contributed by atoms with van der Waals surface area (Å²) in [5.41, 5.74) is -0.914. The molecule has 1 aliphatic carbocycles. The van der Waals surface area contributed by atoms with Crippen LogP contribution in [0.2, 0.25) is 0 Å². The molecule has 1 saturated heterocycles. The van der Waals surface area contributed by atoms with Crippen LogP contribution in [0.25, 0.3) is 0 Å². The first-order valence-corrected chi connectivity index (χ1v) is 10.3. The summed E-state index contributed by atoms with van der Waals surface area (Å²) in [6.45, 7) is 2.83. The van der Waals surface area contributed by atoms with Crippen LogP contribution in [0.15, 0.2) is 17.5 Å². The molecule has 1 aromatic heterocycles. The Labute approximate surface area is 167 Å². The van der Waals surface area contributed by atoms with Gasteiger partial charge in [0.1, 0.15) is 12.1 Å². The fourth-order valence-electron chi connectivity index (χ4n) is 3.85. The van der Waals surface area contributed by atoms with Gasteiger partial charge in [0.05, 0.1) is 6.04 Å². The molecule has 1 aliphatic heterocycles. The standard InChI is InChI=1S/C19H25N3O5S/c1-12-6-3-4-8-19(12)17(25)22(18(26)21-19)10-16(24)27-11-15(23)20-13(2)14-7-5-9-28-14/h5,7,9,12-13H,3-4,6,8,10-11H2,1-2H3,(H,20,23)(H,21,26)/t12-,13+,19-/m1/s1. The van der Waals surface area contributed by atoms with E-state index in [1.807, 2.05) is 31.4 Å². The van der Waals surface area contributed by atoms with E-state index in [0.29, 0.717) is 6.42 Å². The quantitative estimate of drug-likeness (QED) is 0.554. The van der Waals surface area contributed by atoms with Gasteiger partial charge in [-0.2, -0.15) is 0 Å². The summed E-state index contributed by atoms with van der Waals surface area (Å²) in [6.07, 6.45) is 3.31. The van der Waals surface area contributed by atoms with Gasteiger partial charge in [-0.3, -0.25) is 19.3 Å². The number of esters is 1. The summed E-state index contributed by atoms with van der Waals surface area (Å²) in [6, 6.07) is 3.03. The van der Waals surface area contributed by atoms with Crippen LogP contribution >= 0.6 is 11.3 Å². The van der Waals surface area contributed by atoms with E-state index in [-0.39, 0.29) is 17.9 Å². The third-order valence-electron chi connectivity index (χ3n) is 5.50. The Morgan fingerprint density at radius 3 is 2.89 bits per heavy atom. The molecule has 152 valence electrons. The fraction of sp³-hybridized carbons (Fsp3) is 0.579. The minimum atomic E-state index is -0.914. The lowest BCUT2D eigenvalue weighted by Gasteiger charge is -2.36. The maximum Gasteiger partial charge on any atom is 0.326 e. The van der Waals surface area contributed by atoms with Crippen LogP contribution in [-0.2, 0) is 19.1 Å². The van der Waals surface area contributed by atoms with E-state index < -0.39 is 36.6 Å². The van der Waals surface area contributed by atoms with E-state index in [1.165, 1.54) is 11.3 Å². The lowest BCUT2D eigenvalue weighted by molar-refractivity contribution is -0.151. The van der Waals surface area contributed by atoms with Crippen LogP contribution in [0.4, 0.5) is 4.79 Å². The molecule has 4 amide bonds. The van der Waals surface area contributed by atoms with Gasteiger partial charge in [0.2, 0.25) is 0 Å². The molecule has 3 atom stereocenters. The third kappa shape index (κ3) is 4.04. The van der Waals surface area contributed by atoms with E-state index >= 15 is 0 Å². The molecule has 0 bridgehead atoms. The molecule has 2 heterocycles. The van der Waals surface area contributed by atoms with Gasteiger partial charge in [0, 0.05) is 4.88 Å². The molecule has 9 heteroatoms. The predicted octanol–water partition coefficient (Wildman–Crippen LogP) is 1.97. The number of nitrogens with zero attached hydrogens (tertiary/aromatic N) is 1. The molecular formula is C19H25N3O5S. The maximum atomic E-state index is 12.8. The molecule has 28 heavy (non-hydrogen) atoms. The number of ether oxygens (including phenoxy) is 1. The van der Waals surface area contributed by atoms with Gasteiger partial charge in [-0.15, -0.1) is 11.3 Å². The van der Waals surface area contributed by atoms with Crippen molar-refractivity contribution in [2.45, 2.75) is 51.1 Å². The number of imide groups is 1. The molecule has 2 aliphatic rings. The second-order valence-corrected chi connectivity index (χ2v) is 8.38. The van der Waals surface area contributed by atoms with Gasteiger partial charge in [-0.1, -0.05) is 25.8 Å². The zero-order chi connectivity index (χ0) is 20.3. The highest BCUT2D eigenvalue weighted by atomic mass is 32.1. The Kier molecular flexibility index (Phi) is 6.02. The van der Waals surface area contributed by atoms with Gasteiger partial charge in [-0.05, 0) is 37.1 Å². The zero-order valence-electron chi connectivity index (χ0n) is 16.0. The van der Waals surface area contributed by atoms with E-state index in [0.717, 1.165) is 29.0 Å². The highest BCUT2D eigenvalue weighted by molar-refractivity contribution is 7.10. The minimum Gasteiger partial charge on any atom is -0.454 e. The monoisotopic (exact) mass is 407 g/mol. The average Bonchev–Trinajstić information content (AvgIpc) is 3.27. The smallest absolute Gasteiger partial charge is 0.326 e. The van der Waals surface area contributed by atoms with E-state index in [9.17, 15) is 19.2 Å². The first-order valence-electron chi connectivity index (χ1n) is 9.46. The van der Waals surface area contributed by atoms with E-state index in [1.54, 1.807) is 0 Å². The van der Waals surface area contributed by atoms with Gasteiger partial charge in [0.25, 0.3) is 11.8 Å². The number of hydrogen-bond donors (Lipinski definition) is 2. The number of hydrogen-bond acceptors (Lipinski definition) is 6. The second kappa shape index (κ2) is 8.30. The van der Waals surface area contributed by atoms with Crippen LogP contribution in [0, 0.1) is 5.92 Å². The van der Waals surface area contributed by atoms with Crippen LogP contribution in [0.1, 0.15) is 50.4 Å². The SMILES string of the molecule is C[C@H](NC(=O)COC(=O)CN1C(=O)N[C@@]2(CCCC[C@H]2C)C1=O)c1cccs1. The van der Waals surface area contributed by atoms with Crippen LogP contribution in [0.3, 0.4) is 0 Å². The van der Waals surface area contributed by atoms with Crippen LogP contribution in [0.5, 0.6) is 0 Å². The summed E-state index contributed by atoms with van der Waals surface area (Å²) >= 11 is 1.52. The first-order chi connectivity index (χ1) is 13.3. The van der Waals surface area contributed by atoms with E-state index in [2.05, 4.69) is 10.6 Å². The number of urea groups is 1. The molecule has 0 radical (unpaired) electrons. The van der Waals surface area contributed by atoms with Crippen molar-refractivity contribution in [2.24, 2.45) is 5.92 Å². The molecule has 1 spiro atoms. The summed E-state index contributed by atoms with van der Waals surface area (Å²) in [5.74, 6) is -1.59. The topological polar surface area (TPSA) is 105 Å². The largest absolute Gasteiger partial charge is 0.454 e. The van der Waals surface area contributed by atoms with Crippen molar-refractivity contribution in [3.05, 3.63) is 22.4 Å². The predicted molar refractivity (Wildman–Crippen MR) is 102 cm³/mol. The summed E-state index contributed by atoms with van der Waals surface area (Å²) in [4.78, 5) is 51.0. The van der Waals surface area contributed by atoms with Crippen molar-refractivity contribution >= 4 is 35.2 Å². The van der Waals surface area contributed by atoms with E-state index in [4.69, 9.17) is 4.74 Å². The average molecular weight is 407 g/mol. The molecular weight excluding hydrogens is 382 g/mol. The molecule has 2 fully saturated rings. The molecule has 3 rings (SSSR count). The maximum absolute atomic E-state index is 12.8. The van der Waals surface area contributed by atoms with Crippen molar-refractivity contribution in [1.29, 1.82) is 0 Å². The summed E-state index contributed by atoms with van der Waals surface area (Å²) in [5, 5.41) is 7.43. The van der Waals surface area contributed by atoms with Crippen molar-refractivity contribution in [3.8, 4) is 0 Å². The normalized spacial score (nSPS) is 25.5. The van der Waals surface area contributed by atoms with Crippen molar-refractivity contribution in [1.82, 2.24) is 15.5 Å². The Morgan fingerprint density at radius 2 is 2.21 bits per heavy atom. The van der Waals surface area contributed by atoms with Gasteiger partial charge < -0.3 is 15.4 Å². The molecule has 0 aromatic carbocycles.